The molecule has 164 valence electrons. The molecule has 0 bridgehead atoms. The van der Waals surface area contributed by atoms with Crippen LogP contribution >= 0.6 is 11.8 Å². The molecule has 0 aliphatic rings. The molecule has 0 aromatic heterocycles. The molecule has 0 spiro atoms. The largest absolute Gasteiger partial charge is 0.480 e. The minimum atomic E-state index is -1.19. The van der Waals surface area contributed by atoms with Crippen LogP contribution in [0.25, 0.3) is 0 Å². The zero-order valence-corrected chi connectivity index (χ0v) is 18.6. The maximum Gasteiger partial charge on any atom is 0.327 e. The van der Waals surface area contributed by atoms with E-state index in [1.807, 2.05) is 0 Å². The van der Waals surface area contributed by atoms with Gasteiger partial charge in [-0.25, -0.2) is 9.59 Å². The molecule has 0 aliphatic heterocycles. The number of carboxylic acid groups (broad SMARTS) is 2. The molecule has 0 rings (SSSR count). The topological polar surface area (TPSA) is 116 Å². The second-order valence-electron chi connectivity index (χ2n) is 7.11. The molecular formula is C21H34N2O5S. The monoisotopic (exact) mass is 426 g/mol. The van der Waals surface area contributed by atoms with Crippen molar-refractivity contribution in [3.8, 4) is 0 Å². The van der Waals surface area contributed by atoms with Crippen LogP contribution in [0, 0.1) is 0 Å². The van der Waals surface area contributed by atoms with E-state index in [-0.39, 0.29) is 5.75 Å². The Bertz CT molecular complexity index is 637. The number of allylic oxidation sites excluding steroid dienone is 5. The van der Waals surface area contributed by atoms with Gasteiger partial charge in [-0.1, -0.05) is 34.9 Å². The van der Waals surface area contributed by atoms with Crippen molar-refractivity contribution in [3.05, 3.63) is 34.9 Å². The molecule has 0 fully saturated rings. The summed E-state index contributed by atoms with van der Waals surface area (Å²) in [4.78, 5) is 33.1. The van der Waals surface area contributed by atoms with Crippen molar-refractivity contribution in [1.82, 2.24) is 10.6 Å². The van der Waals surface area contributed by atoms with Crippen LogP contribution < -0.4 is 10.6 Å². The molecule has 0 radical (unpaired) electrons. The van der Waals surface area contributed by atoms with Crippen LogP contribution in [0.5, 0.6) is 0 Å². The second kappa shape index (κ2) is 15.7. The van der Waals surface area contributed by atoms with Gasteiger partial charge in [0, 0.05) is 11.5 Å². The predicted octanol–water partition coefficient (Wildman–Crippen LogP) is 3.98. The van der Waals surface area contributed by atoms with Gasteiger partial charge in [-0.3, -0.25) is 4.79 Å². The number of urea groups is 1. The highest BCUT2D eigenvalue weighted by atomic mass is 32.2. The molecule has 0 aromatic carbocycles. The van der Waals surface area contributed by atoms with E-state index in [1.54, 1.807) is 0 Å². The number of aliphatic carboxylic acids is 2. The van der Waals surface area contributed by atoms with E-state index in [9.17, 15) is 19.5 Å². The Hall–Kier alpha value is -2.22. The highest BCUT2D eigenvalue weighted by Crippen LogP contribution is 2.13. The van der Waals surface area contributed by atoms with Gasteiger partial charge in [-0.05, 0) is 53.4 Å². The quantitative estimate of drug-likeness (QED) is 0.247. The Balaban J connectivity index is 4.20. The maximum atomic E-state index is 11.5. The van der Waals surface area contributed by atoms with Crippen molar-refractivity contribution >= 4 is 29.7 Å². The third-order valence-electron chi connectivity index (χ3n) is 3.96. The lowest BCUT2D eigenvalue weighted by molar-refractivity contribution is -0.138. The van der Waals surface area contributed by atoms with Gasteiger partial charge in [-0.15, -0.1) is 0 Å². The molecule has 2 amide bonds. The first-order valence-electron chi connectivity index (χ1n) is 9.63. The second-order valence-corrected chi connectivity index (χ2v) is 8.18. The van der Waals surface area contributed by atoms with Crippen LogP contribution in [0.2, 0.25) is 0 Å². The zero-order valence-electron chi connectivity index (χ0n) is 17.8. The fourth-order valence-corrected chi connectivity index (χ4v) is 3.27. The number of carbonyl (C=O) groups excluding carboxylic acids is 1. The Morgan fingerprint density at radius 3 is 2.07 bits per heavy atom. The van der Waals surface area contributed by atoms with Crippen molar-refractivity contribution in [2.45, 2.75) is 59.4 Å². The van der Waals surface area contributed by atoms with Gasteiger partial charge in [0.1, 0.15) is 12.6 Å². The Kier molecular flexibility index (Phi) is 14.5. The number of hydrogen-bond donors (Lipinski definition) is 4. The van der Waals surface area contributed by atoms with Gasteiger partial charge in [0.15, 0.2) is 0 Å². The van der Waals surface area contributed by atoms with Gasteiger partial charge in [0.05, 0.1) is 0 Å². The van der Waals surface area contributed by atoms with Crippen LogP contribution in [0.1, 0.15) is 53.4 Å². The standard InChI is InChI=1S/C21H34N2O5S/c1-15(2)7-5-8-16(3)9-6-10-17(4)11-12-29-14-18(20(26)27)23-21(28)22-13-19(24)25/h7,9,11,18H,5-6,8,10,12-14H2,1-4H3,(H,24,25)(H,26,27)(H2,22,23,28)/b16-9+,17-11+. The molecule has 0 saturated carbocycles. The summed E-state index contributed by atoms with van der Waals surface area (Å²) in [5, 5.41) is 22.0. The number of amides is 2. The predicted molar refractivity (Wildman–Crippen MR) is 118 cm³/mol. The molecule has 4 N–H and O–H groups in total. The van der Waals surface area contributed by atoms with Crippen LogP contribution in [-0.4, -0.2) is 52.3 Å². The summed E-state index contributed by atoms with van der Waals surface area (Å²) in [6, 6.07) is -1.88. The Morgan fingerprint density at radius 2 is 1.52 bits per heavy atom. The summed E-state index contributed by atoms with van der Waals surface area (Å²) in [7, 11) is 0. The first-order chi connectivity index (χ1) is 13.6. The number of carbonyl (C=O) groups is 3. The zero-order chi connectivity index (χ0) is 22.2. The fraction of sp³-hybridized carbons (Fsp3) is 0.571. The first-order valence-corrected chi connectivity index (χ1v) is 10.8. The van der Waals surface area contributed by atoms with Crippen molar-refractivity contribution in [2.75, 3.05) is 18.1 Å². The van der Waals surface area contributed by atoms with E-state index in [2.05, 4.69) is 56.6 Å². The van der Waals surface area contributed by atoms with E-state index in [0.717, 1.165) is 25.7 Å². The molecule has 7 nitrogen and oxygen atoms in total. The summed E-state index contributed by atoms with van der Waals surface area (Å²) >= 11 is 1.40. The normalized spacial score (nSPS) is 12.8. The van der Waals surface area contributed by atoms with Crippen LogP contribution in [0.3, 0.4) is 0 Å². The number of thioether (sulfide) groups is 1. The molecule has 8 heteroatoms. The average molecular weight is 427 g/mol. The third-order valence-corrected chi connectivity index (χ3v) is 4.93. The number of hydrogen-bond acceptors (Lipinski definition) is 4. The van der Waals surface area contributed by atoms with Gasteiger partial charge in [-0.2, -0.15) is 11.8 Å². The summed E-state index contributed by atoms with van der Waals surface area (Å²) in [6.07, 6.45) is 10.7. The molecule has 0 heterocycles. The van der Waals surface area contributed by atoms with E-state index < -0.39 is 30.6 Å². The molecule has 1 unspecified atom stereocenters. The van der Waals surface area contributed by atoms with Gasteiger partial charge >= 0.3 is 18.0 Å². The number of rotatable bonds is 14. The van der Waals surface area contributed by atoms with Crippen molar-refractivity contribution in [2.24, 2.45) is 0 Å². The Labute approximate surface area is 177 Å². The minimum absolute atomic E-state index is 0.197. The fourth-order valence-electron chi connectivity index (χ4n) is 2.27. The van der Waals surface area contributed by atoms with Crippen LogP contribution in [0.4, 0.5) is 4.79 Å². The molecule has 0 aliphatic carbocycles. The van der Waals surface area contributed by atoms with Gasteiger partial charge < -0.3 is 20.8 Å². The lowest BCUT2D eigenvalue weighted by atomic mass is 10.1. The van der Waals surface area contributed by atoms with Crippen molar-refractivity contribution < 1.29 is 24.6 Å². The van der Waals surface area contributed by atoms with E-state index in [1.165, 1.54) is 28.5 Å². The summed E-state index contributed by atoms with van der Waals surface area (Å²) in [5.41, 5.74) is 3.97. The smallest absolute Gasteiger partial charge is 0.327 e. The maximum absolute atomic E-state index is 11.5. The molecule has 1 atom stereocenters. The van der Waals surface area contributed by atoms with E-state index >= 15 is 0 Å². The average Bonchev–Trinajstić information content (AvgIpc) is 2.61. The molecule has 29 heavy (non-hydrogen) atoms. The highest BCUT2D eigenvalue weighted by Gasteiger charge is 2.19. The SMILES string of the molecule is CC(C)=CCC/C(C)=C/CC/C(C)=C/CSCC(NC(=O)NCC(=O)O)C(=O)O. The minimum Gasteiger partial charge on any atom is -0.480 e. The number of nitrogens with one attached hydrogen (secondary N) is 2. The molecule has 0 saturated heterocycles. The van der Waals surface area contributed by atoms with Crippen molar-refractivity contribution in [1.29, 1.82) is 0 Å². The highest BCUT2D eigenvalue weighted by molar-refractivity contribution is 7.99. The van der Waals surface area contributed by atoms with Crippen LogP contribution in [-0.2, 0) is 9.59 Å². The summed E-state index contributed by atoms with van der Waals surface area (Å²) in [5.74, 6) is -1.50. The van der Waals surface area contributed by atoms with Gasteiger partial charge in [0.25, 0.3) is 0 Å². The lowest BCUT2D eigenvalue weighted by Crippen LogP contribution is -2.48. The van der Waals surface area contributed by atoms with E-state index in [0.29, 0.717) is 5.75 Å². The lowest BCUT2D eigenvalue weighted by Gasteiger charge is -2.14. The van der Waals surface area contributed by atoms with Crippen molar-refractivity contribution in [3.63, 3.8) is 0 Å². The number of carboxylic acids is 2. The summed E-state index contributed by atoms with van der Waals surface area (Å²) in [6.45, 7) is 7.86. The van der Waals surface area contributed by atoms with Gasteiger partial charge in [0.2, 0.25) is 0 Å². The molecular weight excluding hydrogens is 392 g/mol. The summed E-state index contributed by atoms with van der Waals surface area (Å²) < 4.78 is 0. The first kappa shape index (κ1) is 26.8. The Morgan fingerprint density at radius 1 is 0.931 bits per heavy atom. The van der Waals surface area contributed by atoms with E-state index in [4.69, 9.17) is 5.11 Å². The third kappa shape index (κ3) is 16.4. The molecule has 0 aromatic rings. The van der Waals surface area contributed by atoms with Crippen LogP contribution in [0.15, 0.2) is 34.9 Å².